The molecule has 0 radical (unpaired) electrons. The van der Waals surface area contributed by atoms with Gasteiger partial charge in [0.05, 0.1) is 0 Å². The summed E-state index contributed by atoms with van der Waals surface area (Å²) < 4.78 is 0. The zero-order valence-electron chi connectivity index (χ0n) is 6.72. The minimum absolute atomic E-state index is 0.553. The molecule has 0 heteroatoms. The summed E-state index contributed by atoms with van der Waals surface area (Å²) in [5.41, 5.74) is 1.91. The van der Waals surface area contributed by atoms with Gasteiger partial charge in [0.1, 0.15) is 0 Å². The molecule has 0 bridgehead atoms. The maximum absolute atomic E-state index is 4.02. The molecular weight excluding hydrogens is 120 g/mol. The van der Waals surface area contributed by atoms with Gasteiger partial charge in [-0.05, 0) is 23.7 Å². The third-order valence-electron chi connectivity index (χ3n) is 3.18. The summed E-state index contributed by atoms with van der Waals surface area (Å²) in [6.07, 6.45) is 5.93. The summed E-state index contributed by atoms with van der Waals surface area (Å²) >= 11 is 0. The zero-order chi connectivity index (χ0) is 7.35. The molecule has 0 amide bonds. The Hall–Kier alpha value is -0.520. The highest BCUT2D eigenvalue weighted by molar-refractivity contribution is 5.41. The van der Waals surface area contributed by atoms with Gasteiger partial charge in [0.15, 0.2) is 0 Å². The highest BCUT2D eigenvalue weighted by atomic mass is 14.6. The van der Waals surface area contributed by atoms with Crippen molar-refractivity contribution >= 4 is 0 Å². The molecule has 0 spiro atoms. The normalized spacial score (nSPS) is 42.7. The van der Waals surface area contributed by atoms with Crippen LogP contribution < -0.4 is 0 Å². The molecule has 0 saturated heterocycles. The Kier molecular flexibility index (Phi) is 0.964. The Labute approximate surface area is 62.6 Å². The molecule has 0 aromatic rings. The Morgan fingerprint density at radius 3 is 2.60 bits per heavy atom. The molecule has 1 saturated carbocycles. The summed E-state index contributed by atoms with van der Waals surface area (Å²) in [5, 5.41) is 0. The molecule has 0 unspecified atom stereocenters. The lowest BCUT2D eigenvalue weighted by Crippen LogP contribution is -2.05. The van der Waals surface area contributed by atoms with Crippen molar-refractivity contribution in [3.05, 3.63) is 24.3 Å². The van der Waals surface area contributed by atoms with E-state index in [4.69, 9.17) is 0 Å². The van der Waals surface area contributed by atoms with Gasteiger partial charge in [-0.15, -0.1) is 0 Å². The molecule has 0 aromatic carbocycles. The lowest BCUT2D eigenvalue weighted by atomic mass is 9.92. The first-order valence-electron chi connectivity index (χ1n) is 4.05. The van der Waals surface area contributed by atoms with Crippen molar-refractivity contribution < 1.29 is 0 Å². The third-order valence-corrected chi connectivity index (χ3v) is 3.18. The van der Waals surface area contributed by atoms with Crippen molar-refractivity contribution in [2.24, 2.45) is 17.3 Å². The highest BCUT2D eigenvalue weighted by Crippen LogP contribution is 2.65. The molecule has 1 fully saturated rings. The van der Waals surface area contributed by atoms with Crippen LogP contribution in [0.3, 0.4) is 0 Å². The standard InChI is InChI=1S/C10H14/c1-7(2)10-5-4-8(3)9(10)6-10/h4-5,7,9H,3,6H2,1-2H3/t9-,10-/m0/s1. The van der Waals surface area contributed by atoms with Gasteiger partial charge in [-0.1, -0.05) is 38.2 Å². The van der Waals surface area contributed by atoms with Gasteiger partial charge in [-0.25, -0.2) is 0 Å². The van der Waals surface area contributed by atoms with Crippen LogP contribution in [0.15, 0.2) is 24.3 Å². The number of allylic oxidation sites excluding steroid dienone is 3. The molecule has 54 valence electrons. The van der Waals surface area contributed by atoms with Gasteiger partial charge in [-0.2, -0.15) is 0 Å². The fourth-order valence-corrected chi connectivity index (χ4v) is 2.16. The maximum atomic E-state index is 4.02. The fraction of sp³-hybridized carbons (Fsp3) is 0.600. The zero-order valence-corrected chi connectivity index (χ0v) is 6.72. The van der Waals surface area contributed by atoms with Gasteiger partial charge in [0.2, 0.25) is 0 Å². The van der Waals surface area contributed by atoms with Crippen LogP contribution in [0.4, 0.5) is 0 Å². The van der Waals surface area contributed by atoms with E-state index in [1.54, 1.807) is 0 Å². The van der Waals surface area contributed by atoms with Crippen LogP contribution in [0.1, 0.15) is 20.3 Å². The van der Waals surface area contributed by atoms with Crippen LogP contribution in [0.5, 0.6) is 0 Å². The molecule has 2 atom stereocenters. The van der Waals surface area contributed by atoms with Crippen molar-refractivity contribution in [2.75, 3.05) is 0 Å². The molecule has 2 rings (SSSR count). The Bertz CT molecular complexity index is 210. The molecule has 0 aliphatic heterocycles. The van der Waals surface area contributed by atoms with Gasteiger partial charge in [-0.3, -0.25) is 0 Å². The van der Waals surface area contributed by atoms with Crippen LogP contribution in [0.25, 0.3) is 0 Å². The van der Waals surface area contributed by atoms with Crippen LogP contribution in [0, 0.1) is 17.3 Å². The van der Waals surface area contributed by atoms with Crippen molar-refractivity contribution in [3.63, 3.8) is 0 Å². The SMILES string of the molecule is C=C1C=C[C@@]2(C(C)C)C[C@@H]12. The average Bonchev–Trinajstić information content (AvgIpc) is 2.52. The summed E-state index contributed by atoms with van der Waals surface area (Å²) in [6, 6.07) is 0. The van der Waals surface area contributed by atoms with E-state index in [9.17, 15) is 0 Å². The van der Waals surface area contributed by atoms with Gasteiger partial charge in [0.25, 0.3) is 0 Å². The van der Waals surface area contributed by atoms with Gasteiger partial charge in [0, 0.05) is 0 Å². The third kappa shape index (κ3) is 0.524. The van der Waals surface area contributed by atoms with E-state index in [2.05, 4.69) is 32.6 Å². The second kappa shape index (κ2) is 1.55. The van der Waals surface area contributed by atoms with Crippen LogP contribution in [-0.4, -0.2) is 0 Å². The average molecular weight is 134 g/mol. The second-order valence-corrected chi connectivity index (χ2v) is 3.93. The van der Waals surface area contributed by atoms with E-state index in [1.807, 2.05) is 0 Å². The van der Waals surface area contributed by atoms with Gasteiger partial charge >= 0.3 is 0 Å². The second-order valence-electron chi connectivity index (χ2n) is 3.93. The monoisotopic (exact) mass is 134 g/mol. The number of hydrogen-bond donors (Lipinski definition) is 0. The maximum Gasteiger partial charge on any atom is -0.00172 e. The first-order valence-corrected chi connectivity index (χ1v) is 4.05. The molecular formula is C10H14. The minimum Gasteiger partial charge on any atom is -0.0955 e. The fourth-order valence-electron chi connectivity index (χ4n) is 2.16. The molecule has 0 heterocycles. The predicted molar refractivity (Wildman–Crippen MR) is 43.7 cm³/mol. The number of fused-ring (bicyclic) bond motifs is 1. The van der Waals surface area contributed by atoms with E-state index in [0.717, 1.165) is 11.8 Å². The first kappa shape index (κ1) is 6.21. The van der Waals surface area contributed by atoms with Crippen LogP contribution in [-0.2, 0) is 0 Å². The molecule has 0 aromatic heterocycles. The lowest BCUT2D eigenvalue weighted by molar-refractivity contribution is 0.432. The molecule has 10 heavy (non-hydrogen) atoms. The quantitative estimate of drug-likeness (QED) is 0.517. The summed E-state index contributed by atoms with van der Waals surface area (Å²) in [6.45, 7) is 8.63. The Balaban J connectivity index is 2.27. The minimum atomic E-state index is 0.553. The van der Waals surface area contributed by atoms with E-state index < -0.39 is 0 Å². The first-order chi connectivity index (χ1) is 4.67. The van der Waals surface area contributed by atoms with E-state index in [-0.39, 0.29) is 0 Å². The lowest BCUT2D eigenvalue weighted by Gasteiger charge is -2.12. The largest absolute Gasteiger partial charge is 0.0955 e. The van der Waals surface area contributed by atoms with E-state index in [0.29, 0.717) is 5.41 Å². The molecule has 0 N–H and O–H groups in total. The number of hydrogen-bond acceptors (Lipinski definition) is 0. The Morgan fingerprint density at radius 2 is 2.40 bits per heavy atom. The van der Waals surface area contributed by atoms with Crippen molar-refractivity contribution in [3.8, 4) is 0 Å². The molecule has 0 nitrogen and oxygen atoms in total. The highest BCUT2D eigenvalue weighted by Gasteiger charge is 2.57. The summed E-state index contributed by atoms with van der Waals surface area (Å²) in [4.78, 5) is 0. The number of rotatable bonds is 1. The van der Waals surface area contributed by atoms with Crippen LogP contribution >= 0.6 is 0 Å². The van der Waals surface area contributed by atoms with E-state index in [1.165, 1.54) is 12.0 Å². The topological polar surface area (TPSA) is 0 Å². The Morgan fingerprint density at radius 1 is 1.70 bits per heavy atom. The van der Waals surface area contributed by atoms with E-state index >= 15 is 0 Å². The van der Waals surface area contributed by atoms with Gasteiger partial charge < -0.3 is 0 Å². The van der Waals surface area contributed by atoms with Crippen molar-refractivity contribution in [1.82, 2.24) is 0 Å². The molecule has 2 aliphatic rings. The molecule has 2 aliphatic carbocycles. The summed E-state index contributed by atoms with van der Waals surface area (Å²) in [5.74, 6) is 1.61. The smallest absolute Gasteiger partial charge is 0.00172 e. The van der Waals surface area contributed by atoms with Crippen molar-refractivity contribution in [1.29, 1.82) is 0 Å². The van der Waals surface area contributed by atoms with Crippen molar-refractivity contribution in [2.45, 2.75) is 20.3 Å². The summed E-state index contributed by atoms with van der Waals surface area (Å²) in [7, 11) is 0. The predicted octanol–water partition coefficient (Wildman–Crippen LogP) is 2.77. The van der Waals surface area contributed by atoms with Crippen LogP contribution in [0.2, 0.25) is 0 Å².